The van der Waals surface area contributed by atoms with Gasteiger partial charge < -0.3 is 9.73 Å². The molecule has 0 saturated heterocycles. The van der Waals surface area contributed by atoms with Crippen LogP contribution >= 0.6 is 15.9 Å². The molecule has 11 heteroatoms. The molecule has 0 aliphatic carbocycles. The highest BCUT2D eigenvalue weighted by Gasteiger charge is 2.30. The first-order chi connectivity index (χ1) is 13.5. The van der Waals surface area contributed by atoms with Gasteiger partial charge in [0.05, 0.1) is 10.5 Å². The number of rotatable bonds is 5. The van der Waals surface area contributed by atoms with Gasteiger partial charge in [-0.25, -0.2) is 8.42 Å². The van der Waals surface area contributed by atoms with Gasteiger partial charge in [-0.15, -0.1) is 0 Å². The Morgan fingerprint density at radius 2 is 1.66 bits per heavy atom. The van der Waals surface area contributed by atoms with Crippen molar-refractivity contribution < 1.29 is 30.8 Å². The highest BCUT2D eigenvalue weighted by molar-refractivity contribution is 9.10. The molecule has 0 aliphatic heterocycles. The minimum Gasteiger partial charge on any atom is -0.444 e. The molecule has 2 N–H and O–H groups in total. The number of nitrogens with one attached hydrogen (secondary N) is 2. The van der Waals surface area contributed by atoms with Crippen LogP contribution in [-0.2, 0) is 16.2 Å². The lowest BCUT2D eigenvalue weighted by molar-refractivity contribution is -0.137. The smallest absolute Gasteiger partial charge is 0.416 e. The Morgan fingerprint density at radius 1 is 0.966 bits per heavy atom. The molecule has 1 aromatic heterocycles. The van der Waals surface area contributed by atoms with Crippen molar-refractivity contribution in [1.82, 2.24) is 0 Å². The van der Waals surface area contributed by atoms with Crippen LogP contribution in [0, 0.1) is 0 Å². The largest absolute Gasteiger partial charge is 0.444 e. The summed E-state index contributed by atoms with van der Waals surface area (Å²) in [5.74, 6) is -0.594. The molecule has 1 heterocycles. The third kappa shape index (κ3) is 5.18. The molecular weight excluding hydrogens is 477 g/mol. The Bertz CT molecular complexity index is 1160. The summed E-state index contributed by atoms with van der Waals surface area (Å²) in [5.41, 5.74) is -1.06. The Balaban J connectivity index is 1.81. The molecule has 0 aliphatic rings. The first kappa shape index (κ1) is 20.9. The average molecular weight is 489 g/mol. The molecule has 0 unspecified atom stereocenters. The van der Waals surface area contributed by atoms with Gasteiger partial charge in [0.25, 0.3) is 15.9 Å². The molecule has 0 bridgehead atoms. The van der Waals surface area contributed by atoms with Gasteiger partial charge in [-0.3, -0.25) is 9.52 Å². The third-order valence-electron chi connectivity index (χ3n) is 3.64. The molecule has 152 valence electrons. The highest BCUT2D eigenvalue weighted by Crippen LogP contribution is 2.31. The Morgan fingerprint density at radius 3 is 2.31 bits per heavy atom. The van der Waals surface area contributed by atoms with Crippen LogP contribution in [0.3, 0.4) is 0 Å². The van der Waals surface area contributed by atoms with E-state index in [1.54, 1.807) is 0 Å². The molecule has 2 aromatic carbocycles. The topological polar surface area (TPSA) is 88.4 Å². The van der Waals surface area contributed by atoms with Crippen molar-refractivity contribution in [3.05, 3.63) is 76.7 Å². The lowest BCUT2D eigenvalue weighted by atomic mass is 10.2. The zero-order chi connectivity index (χ0) is 21.2. The number of hydrogen-bond donors (Lipinski definition) is 2. The number of alkyl halides is 3. The Hall–Kier alpha value is -2.79. The summed E-state index contributed by atoms with van der Waals surface area (Å²) in [6.07, 6.45) is -4.60. The van der Waals surface area contributed by atoms with Gasteiger partial charge in [-0.2, -0.15) is 13.2 Å². The van der Waals surface area contributed by atoms with Crippen molar-refractivity contribution >= 4 is 43.2 Å². The van der Waals surface area contributed by atoms with E-state index in [4.69, 9.17) is 4.42 Å². The molecule has 0 spiro atoms. The molecule has 3 aromatic rings. The zero-order valence-corrected chi connectivity index (χ0v) is 16.7. The van der Waals surface area contributed by atoms with E-state index in [-0.39, 0.29) is 22.0 Å². The number of hydrogen-bond acceptors (Lipinski definition) is 4. The molecule has 0 saturated carbocycles. The second-order valence-corrected chi connectivity index (χ2v) is 8.23. The maximum Gasteiger partial charge on any atom is 0.416 e. The van der Waals surface area contributed by atoms with Crippen LogP contribution in [0.2, 0.25) is 0 Å². The van der Waals surface area contributed by atoms with E-state index in [2.05, 4.69) is 26.0 Å². The van der Waals surface area contributed by atoms with Crippen molar-refractivity contribution in [1.29, 1.82) is 0 Å². The van der Waals surface area contributed by atoms with Crippen molar-refractivity contribution in [2.75, 3.05) is 10.0 Å². The fourth-order valence-electron chi connectivity index (χ4n) is 2.34. The predicted molar refractivity (Wildman–Crippen MR) is 103 cm³/mol. The maximum absolute atomic E-state index is 12.8. The number of benzene rings is 2. The number of carbonyl (C=O) groups is 1. The van der Waals surface area contributed by atoms with E-state index < -0.39 is 27.7 Å². The van der Waals surface area contributed by atoms with Crippen molar-refractivity contribution in [2.45, 2.75) is 11.1 Å². The van der Waals surface area contributed by atoms with Gasteiger partial charge in [0.1, 0.15) is 0 Å². The van der Waals surface area contributed by atoms with Gasteiger partial charge in [-0.1, -0.05) is 12.1 Å². The minimum absolute atomic E-state index is 0.00669. The van der Waals surface area contributed by atoms with Crippen molar-refractivity contribution in [2.24, 2.45) is 0 Å². The number of carbonyl (C=O) groups excluding carboxylic acids is 1. The lowest BCUT2D eigenvalue weighted by Crippen LogP contribution is -2.15. The first-order valence-electron chi connectivity index (χ1n) is 7.91. The number of furan rings is 1. The quantitative estimate of drug-likeness (QED) is 0.521. The second-order valence-electron chi connectivity index (χ2n) is 5.77. The van der Waals surface area contributed by atoms with E-state index in [1.807, 2.05) is 0 Å². The molecule has 0 radical (unpaired) electrons. The van der Waals surface area contributed by atoms with Crippen LogP contribution in [-0.4, -0.2) is 14.3 Å². The van der Waals surface area contributed by atoms with E-state index in [1.165, 1.54) is 42.5 Å². The van der Waals surface area contributed by atoms with Gasteiger partial charge in [-0.05, 0) is 64.5 Å². The summed E-state index contributed by atoms with van der Waals surface area (Å²) in [6, 6.07) is 12.0. The number of halogens is 4. The molecule has 0 fully saturated rings. The number of amides is 1. The lowest BCUT2D eigenvalue weighted by Gasteiger charge is -2.12. The van der Waals surface area contributed by atoms with Crippen LogP contribution in [0.4, 0.5) is 24.5 Å². The predicted octanol–water partition coefficient (Wildman–Crippen LogP) is 5.11. The maximum atomic E-state index is 12.8. The highest BCUT2D eigenvalue weighted by atomic mass is 79.9. The van der Waals surface area contributed by atoms with E-state index in [0.717, 1.165) is 12.1 Å². The van der Waals surface area contributed by atoms with Crippen LogP contribution < -0.4 is 10.0 Å². The summed E-state index contributed by atoms with van der Waals surface area (Å²) >= 11 is 3.07. The number of sulfonamides is 1. The number of anilines is 2. The third-order valence-corrected chi connectivity index (χ3v) is 5.45. The van der Waals surface area contributed by atoms with Gasteiger partial charge in [0.2, 0.25) is 0 Å². The summed E-state index contributed by atoms with van der Waals surface area (Å²) in [7, 11) is -4.19. The Labute approximate surface area is 171 Å². The Kier molecular flexibility index (Phi) is 5.71. The molecular formula is C18H12BrF3N2O4S. The van der Waals surface area contributed by atoms with E-state index in [9.17, 15) is 26.4 Å². The van der Waals surface area contributed by atoms with E-state index in [0.29, 0.717) is 10.7 Å². The molecule has 6 nitrogen and oxygen atoms in total. The van der Waals surface area contributed by atoms with Gasteiger partial charge in [0, 0.05) is 11.4 Å². The van der Waals surface area contributed by atoms with Crippen LogP contribution in [0.15, 0.2) is 74.6 Å². The van der Waals surface area contributed by atoms with Crippen molar-refractivity contribution in [3.63, 3.8) is 0 Å². The van der Waals surface area contributed by atoms with Crippen LogP contribution in [0.5, 0.6) is 0 Å². The molecule has 29 heavy (non-hydrogen) atoms. The van der Waals surface area contributed by atoms with Crippen molar-refractivity contribution in [3.8, 4) is 0 Å². The first-order valence-corrected chi connectivity index (χ1v) is 10.2. The molecule has 0 atom stereocenters. The summed E-state index contributed by atoms with van der Waals surface area (Å²) in [5, 5.41) is 2.48. The van der Waals surface area contributed by atoms with E-state index >= 15 is 0 Å². The second kappa shape index (κ2) is 7.91. The van der Waals surface area contributed by atoms with Crippen LogP contribution in [0.25, 0.3) is 0 Å². The van der Waals surface area contributed by atoms with Gasteiger partial charge >= 0.3 is 6.18 Å². The normalized spacial score (nSPS) is 11.9. The zero-order valence-electron chi connectivity index (χ0n) is 14.3. The standard InChI is InChI=1S/C18H12BrF3N2O4S/c19-16-8-7-15(28-16)17(25)23-12-4-2-6-14(10-12)29(26,27)24-13-5-1-3-11(9-13)18(20,21)22/h1-10,24H,(H,23,25). The monoisotopic (exact) mass is 488 g/mol. The molecule has 1 amide bonds. The summed E-state index contributed by atoms with van der Waals surface area (Å²) in [4.78, 5) is 11.9. The fraction of sp³-hybridized carbons (Fsp3) is 0.0556. The average Bonchev–Trinajstić information content (AvgIpc) is 3.08. The fourth-order valence-corrected chi connectivity index (χ4v) is 3.74. The summed E-state index contributed by atoms with van der Waals surface area (Å²) < 4.78 is 71.1. The van der Waals surface area contributed by atoms with Gasteiger partial charge in [0.15, 0.2) is 10.4 Å². The SMILES string of the molecule is O=C(Nc1cccc(S(=O)(=O)Nc2cccc(C(F)(F)F)c2)c1)c1ccc(Br)o1. The van der Waals surface area contributed by atoms with Crippen LogP contribution in [0.1, 0.15) is 16.1 Å². The molecule has 3 rings (SSSR count). The minimum atomic E-state index is -4.60. The summed E-state index contributed by atoms with van der Waals surface area (Å²) in [6.45, 7) is 0.